The number of carbonyl (C=O) groups excluding carboxylic acids is 1. The number of hydrogen-bond donors (Lipinski definition) is 2. The van der Waals surface area contributed by atoms with Gasteiger partial charge in [0.25, 0.3) is 5.91 Å². The van der Waals surface area contributed by atoms with Gasteiger partial charge in [0.1, 0.15) is 5.75 Å². The average Bonchev–Trinajstić information content (AvgIpc) is 2.34. The van der Waals surface area contributed by atoms with Gasteiger partial charge in [0, 0.05) is 18.2 Å². The van der Waals surface area contributed by atoms with Crippen LogP contribution in [0.25, 0.3) is 0 Å². The van der Waals surface area contributed by atoms with Gasteiger partial charge in [-0.25, -0.2) is 0 Å². The number of benzene rings is 1. The molecule has 19 heavy (non-hydrogen) atoms. The molecule has 1 amide bonds. The summed E-state index contributed by atoms with van der Waals surface area (Å²) in [7, 11) is 0. The molecule has 1 aromatic carbocycles. The molecule has 0 aliphatic carbocycles. The number of primary amides is 1. The Morgan fingerprint density at radius 2 is 2.11 bits per heavy atom. The van der Waals surface area contributed by atoms with Crippen molar-refractivity contribution in [2.45, 2.75) is 52.8 Å². The molecule has 0 heterocycles. The minimum absolute atomic E-state index is 0.395. The highest BCUT2D eigenvalue weighted by molar-refractivity contribution is 5.79. The maximum Gasteiger partial charge on any atom is 0.258 e. The van der Waals surface area contributed by atoms with Crippen molar-refractivity contribution >= 4 is 5.91 Å². The van der Waals surface area contributed by atoms with E-state index in [1.54, 1.807) is 0 Å². The molecule has 1 unspecified atom stereocenters. The predicted molar refractivity (Wildman–Crippen MR) is 77.1 cm³/mol. The summed E-state index contributed by atoms with van der Waals surface area (Å²) in [4.78, 5) is 11.3. The van der Waals surface area contributed by atoms with E-state index in [-0.39, 0.29) is 0 Å². The quantitative estimate of drug-likeness (QED) is 0.793. The van der Waals surface area contributed by atoms with Gasteiger partial charge in [0.2, 0.25) is 0 Å². The minimum atomic E-state index is -0.570. The molecule has 0 aliphatic heterocycles. The van der Waals surface area contributed by atoms with E-state index in [2.05, 4.69) is 19.2 Å². The second-order valence-corrected chi connectivity index (χ2v) is 5.02. The number of hydrogen-bond acceptors (Lipinski definition) is 3. The lowest BCUT2D eigenvalue weighted by Gasteiger charge is -2.20. The Labute approximate surface area is 115 Å². The number of aryl methyl sites for hydroxylation is 1. The summed E-state index contributed by atoms with van der Waals surface area (Å²) in [6.45, 7) is 8.76. The van der Waals surface area contributed by atoms with Crippen molar-refractivity contribution in [3.8, 4) is 5.75 Å². The van der Waals surface area contributed by atoms with Crippen LogP contribution in [0.4, 0.5) is 0 Å². The monoisotopic (exact) mass is 264 g/mol. The lowest BCUT2D eigenvalue weighted by Crippen LogP contribution is -2.33. The molecule has 1 atom stereocenters. The van der Waals surface area contributed by atoms with Crippen LogP contribution >= 0.6 is 0 Å². The van der Waals surface area contributed by atoms with Crippen LogP contribution in [0.1, 0.15) is 38.3 Å². The molecule has 1 rings (SSSR count). The Kier molecular flexibility index (Phi) is 5.83. The predicted octanol–water partition coefficient (Wildman–Crippen LogP) is 2.14. The van der Waals surface area contributed by atoms with E-state index < -0.39 is 12.0 Å². The fraction of sp³-hybridized carbons (Fsp3) is 0.533. The van der Waals surface area contributed by atoms with E-state index in [4.69, 9.17) is 10.5 Å². The smallest absolute Gasteiger partial charge is 0.258 e. The van der Waals surface area contributed by atoms with Gasteiger partial charge in [0.05, 0.1) is 0 Å². The second kappa shape index (κ2) is 7.14. The van der Waals surface area contributed by atoms with Crippen molar-refractivity contribution in [2.75, 3.05) is 0 Å². The first kappa shape index (κ1) is 15.5. The molecule has 4 nitrogen and oxygen atoms in total. The van der Waals surface area contributed by atoms with E-state index in [0.29, 0.717) is 19.0 Å². The van der Waals surface area contributed by atoms with Crippen LogP contribution < -0.4 is 15.8 Å². The summed E-state index contributed by atoms with van der Waals surface area (Å²) in [6.07, 6.45) is -0.000307. The van der Waals surface area contributed by atoms with E-state index in [9.17, 15) is 4.79 Å². The second-order valence-electron chi connectivity index (χ2n) is 5.02. The lowest BCUT2D eigenvalue weighted by atomic mass is 10.1. The van der Waals surface area contributed by atoms with Gasteiger partial charge < -0.3 is 15.8 Å². The van der Waals surface area contributed by atoms with E-state index in [0.717, 1.165) is 16.9 Å². The van der Waals surface area contributed by atoms with Crippen LogP contribution in [-0.2, 0) is 11.3 Å². The van der Waals surface area contributed by atoms with E-state index in [1.807, 2.05) is 32.0 Å². The Hall–Kier alpha value is -1.55. The third kappa shape index (κ3) is 4.56. The van der Waals surface area contributed by atoms with Crippen LogP contribution in [0.2, 0.25) is 0 Å². The van der Waals surface area contributed by atoms with Gasteiger partial charge in [-0.1, -0.05) is 39.0 Å². The zero-order chi connectivity index (χ0) is 14.4. The van der Waals surface area contributed by atoms with Gasteiger partial charge in [-0.3, -0.25) is 4.79 Å². The fourth-order valence-corrected chi connectivity index (χ4v) is 1.82. The number of rotatable bonds is 7. The third-order valence-electron chi connectivity index (χ3n) is 2.94. The highest BCUT2D eigenvalue weighted by Gasteiger charge is 2.17. The normalized spacial score (nSPS) is 12.5. The van der Waals surface area contributed by atoms with Crippen molar-refractivity contribution in [1.82, 2.24) is 5.32 Å². The van der Waals surface area contributed by atoms with Crippen LogP contribution in [0.15, 0.2) is 18.2 Å². The highest BCUT2D eigenvalue weighted by atomic mass is 16.5. The third-order valence-corrected chi connectivity index (χ3v) is 2.94. The molecule has 0 bridgehead atoms. The number of carbonyl (C=O) groups is 1. The summed E-state index contributed by atoms with van der Waals surface area (Å²) in [5, 5.41) is 3.35. The zero-order valence-corrected chi connectivity index (χ0v) is 12.2. The first-order valence-electron chi connectivity index (χ1n) is 6.73. The molecule has 0 aliphatic rings. The number of para-hydroxylation sites is 1. The summed E-state index contributed by atoms with van der Waals surface area (Å²) < 4.78 is 5.80. The molecule has 0 saturated heterocycles. The lowest BCUT2D eigenvalue weighted by molar-refractivity contribution is -0.124. The number of nitrogens with one attached hydrogen (secondary N) is 1. The van der Waals surface area contributed by atoms with Crippen LogP contribution in [0, 0.1) is 6.92 Å². The summed E-state index contributed by atoms with van der Waals surface area (Å²) in [5.74, 6) is 0.342. The number of nitrogens with two attached hydrogens (primary N) is 1. The molecule has 0 aromatic heterocycles. The first-order chi connectivity index (χ1) is 8.95. The summed E-state index contributed by atoms with van der Waals surface area (Å²) in [6, 6.07) is 6.37. The first-order valence-corrected chi connectivity index (χ1v) is 6.73. The Morgan fingerprint density at radius 1 is 1.42 bits per heavy atom. The van der Waals surface area contributed by atoms with Crippen molar-refractivity contribution in [3.05, 3.63) is 29.3 Å². The van der Waals surface area contributed by atoms with Gasteiger partial charge >= 0.3 is 0 Å². The number of amides is 1. The van der Waals surface area contributed by atoms with Gasteiger partial charge in [-0.05, 0) is 18.9 Å². The molecule has 0 radical (unpaired) electrons. The van der Waals surface area contributed by atoms with Crippen LogP contribution in [0.3, 0.4) is 0 Å². The standard InChI is InChI=1S/C15H24N2O2/c1-5-13(15(16)18)19-14-11(4)7-6-8-12(14)9-17-10(2)3/h6-8,10,13,17H,5,9H2,1-4H3,(H2,16,18). The van der Waals surface area contributed by atoms with Crippen molar-refractivity contribution in [3.63, 3.8) is 0 Å². The van der Waals surface area contributed by atoms with Gasteiger partial charge in [-0.15, -0.1) is 0 Å². The van der Waals surface area contributed by atoms with Crippen LogP contribution in [-0.4, -0.2) is 18.1 Å². The molecule has 4 heteroatoms. The Bertz CT molecular complexity index is 430. The SMILES string of the molecule is CCC(Oc1c(C)cccc1CNC(C)C)C(N)=O. The number of ether oxygens (including phenoxy) is 1. The fourth-order valence-electron chi connectivity index (χ4n) is 1.82. The zero-order valence-electron chi connectivity index (χ0n) is 12.2. The molecule has 0 saturated carbocycles. The summed E-state index contributed by atoms with van der Waals surface area (Å²) >= 11 is 0. The largest absolute Gasteiger partial charge is 0.480 e. The molecule has 0 fully saturated rings. The van der Waals surface area contributed by atoms with Crippen molar-refractivity contribution < 1.29 is 9.53 Å². The molecular weight excluding hydrogens is 240 g/mol. The summed E-state index contributed by atoms with van der Waals surface area (Å²) in [5.41, 5.74) is 7.40. The maximum absolute atomic E-state index is 11.3. The van der Waals surface area contributed by atoms with Crippen molar-refractivity contribution in [2.24, 2.45) is 5.73 Å². The molecule has 1 aromatic rings. The average molecular weight is 264 g/mol. The van der Waals surface area contributed by atoms with Gasteiger partial charge in [0.15, 0.2) is 6.10 Å². The minimum Gasteiger partial charge on any atom is -0.480 e. The van der Waals surface area contributed by atoms with Crippen LogP contribution in [0.5, 0.6) is 5.75 Å². The molecule has 0 spiro atoms. The Balaban J connectivity index is 2.93. The molecule has 3 N–H and O–H groups in total. The Morgan fingerprint density at radius 3 is 2.63 bits per heavy atom. The molecule has 106 valence electrons. The van der Waals surface area contributed by atoms with E-state index in [1.165, 1.54) is 0 Å². The topological polar surface area (TPSA) is 64.3 Å². The van der Waals surface area contributed by atoms with E-state index >= 15 is 0 Å². The molecular formula is C15H24N2O2. The highest BCUT2D eigenvalue weighted by Crippen LogP contribution is 2.25. The maximum atomic E-state index is 11.3. The van der Waals surface area contributed by atoms with Gasteiger partial charge in [-0.2, -0.15) is 0 Å². The van der Waals surface area contributed by atoms with Crippen molar-refractivity contribution in [1.29, 1.82) is 0 Å².